The maximum absolute atomic E-state index is 12.3. The molecule has 0 unspecified atom stereocenters. The molecule has 6 heteroatoms. The van der Waals surface area contributed by atoms with Crippen LogP contribution in [0.1, 0.15) is 6.42 Å². The summed E-state index contributed by atoms with van der Waals surface area (Å²) >= 11 is 1.90. The van der Waals surface area contributed by atoms with Gasteiger partial charge in [-0.05, 0) is 48.6 Å². The molecule has 1 heterocycles. The third-order valence-electron chi connectivity index (χ3n) is 3.67. The van der Waals surface area contributed by atoms with Crippen molar-refractivity contribution in [2.45, 2.75) is 6.42 Å². The lowest BCUT2D eigenvalue weighted by Crippen LogP contribution is -2.36. The largest absolute Gasteiger partial charge is 0.324 e. The fourth-order valence-electron chi connectivity index (χ4n) is 2.37. The Morgan fingerprint density at radius 1 is 0.917 bits per heavy atom. The molecular formula is C18H20N4OS. The van der Waals surface area contributed by atoms with E-state index in [2.05, 4.69) is 15.5 Å². The van der Waals surface area contributed by atoms with E-state index in [1.807, 2.05) is 71.3 Å². The van der Waals surface area contributed by atoms with Gasteiger partial charge in [0.15, 0.2) is 0 Å². The van der Waals surface area contributed by atoms with Gasteiger partial charge in [-0.2, -0.15) is 22.0 Å². The molecule has 24 heavy (non-hydrogen) atoms. The summed E-state index contributed by atoms with van der Waals surface area (Å²) in [7, 11) is 0. The molecule has 5 nitrogen and oxygen atoms in total. The molecule has 1 saturated heterocycles. The number of anilines is 1. The highest BCUT2D eigenvalue weighted by Crippen LogP contribution is 2.20. The quantitative estimate of drug-likeness (QED) is 0.793. The van der Waals surface area contributed by atoms with Crippen molar-refractivity contribution < 1.29 is 4.79 Å². The zero-order valence-electron chi connectivity index (χ0n) is 13.4. The van der Waals surface area contributed by atoms with Gasteiger partial charge >= 0.3 is 6.03 Å². The SMILES string of the molecule is O=C(Nc1ccc(N=Nc2ccccc2)cc1)N1CCCSCC1. The van der Waals surface area contributed by atoms with Gasteiger partial charge in [0.25, 0.3) is 0 Å². The fourth-order valence-corrected chi connectivity index (χ4v) is 3.26. The van der Waals surface area contributed by atoms with Crippen LogP contribution in [0.25, 0.3) is 0 Å². The first-order valence-electron chi connectivity index (χ1n) is 8.02. The summed E-state index contributed by atoms with van der Waals surface area (Å²) in [4.78, 5) is 14.2. The molecule has 1 aliphatic rings. The van der Waals surface area contributed by atoms with Crippen LogP contribution in [0, 0.1) is 0 Å². The predicted molar refractivity (Wildman–Crippen MR) is 99.6 cm³/mol. The first-order chi connectivity index (χ1) is 11.8. The third-order valence-corrected chi connectivity index (χ3v) is 4.71. The number of urea groups is 1. The molecule has 2 amide bonds. The lowest BCUT2D eigenvalue weighted by Gasteiger charge is -2.20. The second-order valence-electron chi connectivity index (χ2n) is 5.47. The Morgan fingerprint density at radius 3 is 2.38 bits per heavy atom. The lowest BCUT2D eigenvalue weighted by atomic mass is 10.3. The Kier molecular flexibility index (Phi) is 5.85. The summed E-state index contributed by atoms with van der Waals surface area (Å²) in [5, 5.41) is 11.3. The number of rotatable bonds is 3. The predicted octanol–water partition coefficient (Wildman–Crippen LogP) is 5.07. The molecule has 0 radical (unpaired) electrons. The normalized spacial score (nSPS) is 15.2. The van der Waals surface area contributed by atoms with Crippen LogP contribution in [-0.2, 0) is 0 Å². The van der Waals surface area contributed by atoms with Gasteiger partial charge in [-0.1, -0.05) is 18.2 Å². The van der Waals surface area contributed by atoms with Gasteiger partial charge in [-0.15, -0.1) is 0 Å². The highest BCUT2D eigenvalue weighted by molar-refractivity contribution is 7.99. The van der Waals surface area contributed by atoms with Crippen LogP contribution < -0.4 is 5.32 Å². The summed E-state index contributed by atoms with van der Waals surface area (Å²) in [6.07, 6.45) is 1.05. The third kappa shape index (κ3) is 4.83. The summed E-state index contributed by atoms with van der Waals surface area (Å²) in [5.74, 6) is 2.14. The standard InChI is InChI=1S/C18H20N4OS/c23-18(22-11-4-13-24-14-12-22)19-15-7-9-17(10-8-15)21-20-16-5-2-1-3-6-16/h1-3,5-10H,4,11-14H2,(H,19,23). The Hall–Kier alpha value is -2.34. The number of benzene rings is 2. The average molecular weight is 340 g/mol. The Bertz CT molecular complexity index is 680. The van der Waals surface area contributed by atoms with Gasteiger partial charge in [0.1, 0.15) is 0 Å². The molecule has 0 aliphatic carbocycles. The van der Waals surface area contributed by atoms with Crippen LogP contribution in [-0.4, -0.2) is 35.5 Å². The summed E-state index contributed by atoms with van der Waals surface area (Å²) < 4.78 is 0. The van der Waals surface area contributed by atoms with Crippen LogP contribution in [0.15, 0.2) is 64.8 Å². The van der Waals surface area contributed by atoms with E-state index in [0.717, 1.165) is 48.1 Å². The minimum Gasteiger partial charge on any atom is -0.324 e. The van der Waals surface area contributed by atoms with Gasteiger partial charge in [0, 0.05) is 24.5 Å². The van der Waals surface area contributed by atoms with Gasteiger partial charge in [0.2, 0.25) is 0 Å². The summed E-state index contributed by atoms with van der Waals surface area (Å²) in [6.45, 7) is 1.63. The molecule has 0 aromatic heterocycles. The van der Waals surface area contributed by atoms with E-state index in [1.165, 1.54) is 0 Å². The van der Waals surface area contributed by atoms with E-state index >= 15 is 0 Å². The van der Waals surface area contributed by atoms with E-state index in [-0.39, 0.29) is 6.03 Å². The monoisotopic (exact) mass is 340 g/mol. The molecule has 1 fully saturated rings. The number of azo groups is 1. The molecule has 124 valence electrons. The van der Waals surface area contributed by atoms with Crippen molar-refractivity contribution in [3.8, 4) is 0 Å². The average Bonchev–Trinajstić information content (AvgIpc) is 2.91. The zero-order valence-corrected chi connectivity index (χ0v) is 14.2. The molecule has 2 aromatic rings. The van der Waals surface area contributed by atoms with Crippen LogP contribution in [0.2, 0.25) is 0 Å². The van der Waals surface area contributed by atoms with E-state index in [0.29, 0.717) is 0 Å². The molecule has 3 rings (SSSR count). The minimum absolute atomic E-state index is 0.0313. The molecule has 2 aromatic carbocycles. The van der Waals surface area contributed by atoms with Gasteiger partial charge < -0.3 is 10.2 Å². The van der Waals surface area contributed by atoms with Crippen molar-refractivity contribution in [2.75, 3.05) is 29.9 Å². The topological polar surface area (TPSA) is 57.1 Å². The highest BCUT2D eigenvalue weighted by atomic mass is 32.2. The van der Waals surface area contributed by atoms with Crippen molar-refractivity contribution in [3.63, 3.8) is 0 Å². The Labute approximate surface area is 146 Å². The van der Waals surface area contributed by atoms with Crippen molar-refractivity contribution in [2.24, 2.45) is 10.2 Å². The first-order valence-corrected chi connectivity index (χ1v) is 9.17. The first kappa shape index (κ1) is 16.5. The summed E-state index contributed by atoms with van der Waals surface area (Å²) in [5.41, 5.74) is 2.34. The fraction of sp³-hybridized carbons (Fsp3) is 0.278. The molecule has 0 spiro atoms. The van der Waals surface area contributed by atoms with Crippen molar-refractivity contribution >= 4 is 34.9 Å². The molecule has 0 saturated carbocycles. The van der Waals surface area contributed by atoms with E-state index in [4.69, 9.17) is 0 Å². The van der Waals surface area contributed by atoms with Crippen molar-refractivity contribution in [3.05, 3.63) is 54.6 Å². The number of thioether (sulfide) groups is 1. The lowest BCUT2D eigenvalue weighted by molar-refractivity contribution is 0.216. The number of hydrogen-bond acceptors (Lipinski definition) is 4. The number of hydrogen-bond donors (Lipinski definition) is 1. The number of amides is 2. The zero-order chi connectivity index (χ0) is 16.6. The number of nitrogens with one attached hydrogen (secondary N) is 1. The Balaban J connectivity index is 1.58. The van der Waals surface area contributed by atoms with Crippen molar-refractivity contribution in [1.82, 2.24) is 4.90 Å². The number of nitrogens with zero attached hydrogens (tertiary/aromatic N) is 3. The molecule has 1 aliphatic heterocycles. The maximum Gasteiger partial charge on any atom is 0.321 e. The van der Waals surface area contributed by atoms with E-state index < -0.39 is 0 Å². The smallest absolute Gasteiger partial charge is 0.321 e. The van der Waals surface area contributed by atoms with Gasteiger partial charge in [-0.3, -0.25) is 0 Å². The van der Waals surface area contributed by atoms with E-state index in [1.54, 1.807) is 0 Å². The van der Waals surface area contributed by atoms with E-state index in [9.17, 15) is 4.79 Å². The number of carbonyl (C=O) groups is 1. The van der Waals surface area contributed by atoms with Crippen LogP contribution in [0.3, 0.4) is 0 Å². The Morgan fingerprint density at radius 2 is 1.62 bits per heavy atom. The summed E-state index contributed by atoms with van der Waals surface area (Å²) in [6, 6.07) is 17.0. The van der Waals surface area contributed by atoms with Crippen LogP contribution >= 0.6 is 11.8 Å². The molecule has 1 N–H and O–H groups in total. The second-order valence-corrected chi connectivity index (χ2v) is 6.69. The molecular weight excluding hydrogens is 320 g/mol. The second kappa shape index (κ2) is 8.49. The van der Waals surface area contributed by atoms with Crippen molar-refractivity contribution in [1.29, 1.82) is 0 Å². The highest BCUT2D eigenvalue weighted by Gasteiger charge is 2.15. The number of carbonyl (C=O) groups excluding carboxylic acids is 1. The van der Waals surface area contributed by atoms with Gasteiger partial charge in [-0.25, -0.2) is 4.79 Å². The van der Waals surface area contributed by atoms with Crippen LogP contribution in [0.4, 0.5) is 21.9 Å². The van der Waals surface area contributed by atoms with Crippen LogP contribution in [0.5, 0.6) is 0 Å². The molecule has 0 atom stereocenters. The van der Waals surface area contributed by atoms with Gasteiger partial charge in [0.05, 0.1) is 11.4 Å². The minimum atomic E-state index is -0.0313. The molecule has 0 bridgehead atoms. The maximum atomic E-state index is 12.3.